The fraction of sp³-hybridized carbons (Fsp3) is 0.500. The highest BCUT2D eigenvalue weighted by atomic mass is 16.5. The Labute approximate surface area is 180 Å². The van der Waals surface area contributed by atoms with E-state index in [4.69, 9.17) is 9.73 Å². The van der Waals surface area contributed by atoms with Crippen LogP contribution in [0.3, 0.4) is 0 Å². The van der Waals surface area contributed by atoms with Crippen molar-refractivity contribution in [2.45, 2.75) is 52.7 Å². The summed E-state index contributed by atoms with van der Waals surface area (Å²) >= 11 is 0. The van der Waals surface area contributed by atoms with Crippen LogP contribution in [0.15, 0.2) is 47.5 Å². The molecule has 1 aromatic heterocycles. The third-order valence-corrected chi connectivity index (χ3v) is 5.31. The number of para-hydroxylation sites is 1. The number of ether oxygens (including phenoxy) is 1. The highest BCUT2D eigenvalue weighted by Gasteiger charge is 2.21. The van der Waals surface area contributed by atoms with Crippen molar-refractivity contribution < 1.29 is 4.74 Å². The number of hydrogen-bond acceptors (Lipinski definition) is 4. The van der Waals surface area contributed by atoms with Crippen LogP contribution < -0.4 is 20.3 Å². The number of piperidine rings is 1. The van der Waals surface area contributed by atoms with Crippen LogP contribution in [-0.4, -0.2) is 49.3 Å². The molecule has 1 unspecified atom stereocenters. The zero-order chi connectivity index (χ0) is 21.3. The van der Waals surface area contributed by atoms with Gasteiger partial charge in [-0.3, -0.25) is 0 Å². The SMILES string of the molecule is CCNC(=NCC(C)Oc1ccccc1C)NC1CCN(c2cccc(C)n2)CC1. The molecule has 1 aliphatic rings. The van der Waals surface area contributed by atoms with Crippen molar-refractivity contribution in [1.82, 2.24) is 15.6 Å². The Morgan fingerprint density at radius 1 is 1.17 bits per heavy atom. The molecule has 30 heavy (non-hydrogen) atoms. The van der Waals surface area contributed by atoms with Crippen molar-refractivity contribution in [3.63, 3.8) is 0 Å². The smallest absolute Gasteiger partial charge is 0.191 e. The molecule has 2 heterocycles. The predicted octanol–water partition coefficient (Wildman–Crippen LogP) is 3.69. The molecule has 0 aliphatic carbocycles. The first-order valence-electron chi connectivity index (χ1n) is 11.0. The van der Waals surface area contributed by atoms with Crippen molar-refractivity contribution in [3.05, 3.63) is 53.7 Å². The molecule has 1 fully saturated rings. The zero-order valence-corrected chi connectivity index (χ0v) is 18.7. The summed E-state index contributed by atoms with van der Waals surface area (Å²) in [5.74, 6) is 2.87. The molecule has 0 spiro atoms. The molecular weight excluding hydrogens is 374 g/mol. The average molecular weight is 410 g/mol. The summed E-state index contributed by atoms with van der Waals surface area (Å²) in [5, 5.41) is 6.98. The van der Waals surface area contributed by atoms with E-state index in [1.165, 1.54) is 0 Å². The van der Waals surface area contributed by atoms with E-state index in [0.29, 0.717) is 12.6 Å². The highest BCUT2D eigenvalue weighted by molar-refractivity contribution is 5.80. The van der Waals surface area contributed by atoms with E-state index >= 15 is 0 Å². The minimum atomic E-state index is 0.01000. The van der Waals surface area contributed by atoms with Gasteiger partial charge in [0.15, 0.2) is 5.96 Å². The molecule has 0 radical (unpaired) electrons. The molecule has 2 N–H and O–H groups in total. The molecule has 162 valence electrons. The van der Waals surface area contributed by atoms with Gasteiger partial charge in [-0.05, 0) is 64.3 Å². The third-order valence-electron chi connectivity index (χ3n) is 5.31. The van der Waals surface area contributed by atoms with E-state index in [1.807, 2.05) is 31.2 Å². The molecule has 1 aromatic carbocycles. The zero-order valence-electron chi connectivity index (χ0n) is 18.7. The Bertz CT molecular complexity index is 830. The fourth-order valence-electron chi connectivity index (χ4n) is 3.63. The van der Waals surface area contributed by atoms with Crippen molar-refractivity contribution in [2.75, 3.05) is 31.1 Å². The Balaban J connectivity index is 1.51. The molecule has 1 atom stereocenters. The van der Waals surface area contributed by atoms with E-state index in [1.54, 1.807) is 0 Å². The number of nitrogens with zero attached hydrogens (tertiary/aromatic N) is 3. The van der Waals surface area contributed by atoms with Crippen molar-refractivity contribution in [3.8, 4) is 5.75 Å². The van der Waals surface area contributed by atoms with Gasteiger partial charge in [-0.2, -0.15) is 0 Å². The molecule has 6 nitrogen and oxygen atoms in total. The molecule has 0 amide bonds. The summed E-state index contributed by atoms with van der Waals surface area (Å²) in [6.45, 7) is 11.7. The number of aliphatic imine (C=N–C) groups is 1. The standard InChI is InChI=1S/C24H35N5O/c1-5-25-24(26-17-20(4)30-22-11-7-6-9-18(22)2)28-21-13-15-29(16-14-21)23-12-8-10-19(3)27-23/h6-12,20-21H,5,13-17H2,1-4H3,(H2,25,26,28). The van der Waals surface area contributed by atoms with Crippen LogP contribution in [0.1, 0.15) is 37.9 Å². The van der Waals surface area contributed by atoms with Gasteiger partial charge in [-0.1, -0.05) is 24.3 Å². The maximum absolute atomic E-state index is 6.06. The molecule has 3 rings (SSSR count). The first kappa shape index (κ1) is 21.9. The number of aromatic nitrogens is 1. The van der Waals surface area contributed by atoms with Crippen molar-refractivity contribution in [2.24, 2.45) is 4.99 Å². The lowest BCUT2D eigenvalue weighted by Gasteiger charge is -2.34. The number of rotatable bonds is 7. The second-order valence-electron chi connectivity index (χ2n) is 7.96. The van der Waals surface area contributed by atoms with E-state index in [0.717, 1.165) is 61.3 Å². The first-order chi connectivity index (χ1) is 14.5. The van der Waals surface area contributed by atoms with Gasteiger partial charge in [0, 0.05) is 31.4 Å². The number of anilines is 1. The van der Waals surface area contributed by atoms with Crippen LogP contribution in [0.5, 0.6) is 5.75 Å². The van der Waals surface area contributed by atoms with Gasteiger partial charge < -0.3 is 20.3 Å². The maximum atomic E-state index is 6.06. The maximum Gasteiger partial charge on any atom is 0.191 e. The Kier molecular flexibility index (Phi) is 7.94. The van der Waals surface area contributed by atoms with Gasteiger partial charge in [0.2, 0.25) is 0 Å². The summed E-state index contributed by atoms with van der Waals surface area (Å²) in [4.78, 5) is 11.8. The van der Waals surface area contributed by atoms with Gasteiger partial charge in [0.25, 0.3) is 0 Å². The summed E-state index contributed by atoms with van der Waals surface area (Å²) in [6, 6.07) is 14.7. The lowest BCUT2D eigenvalue weighted by Crippen LogP contribution is -2.49. The minimum absolute atomic E-state index is 0.01000. The van der Waals surface area contributed by atoms with Crippen LogP contribution in [0.25, 0.3) is 0 Å². The van der Waals surface area contributed by atoms with Crippen LogP contribution in [-0.2, 0) is 0 Å². The largest absolute Gasteiger partial charge is 0.489 e. The molecule has 0 saturated carbocycles. The van der Waals surface area contributed by atoms with Gasteiger partial charge in [-0.15, -0.1) is 0 Å². The van der Waals surface area contributed by atoms with Crippen molar-refractivity contribution in [1.29, 1.82) is 0 Å². The van der Waals surface area contributed by atoms with Gasteiger partial charge in [-0.25, -0.2) is 9.98 Å². The number of hydrogen-bond donors (Lipinski definition) is 2. The lowest BCUT2D eigenvalue weighted by atomic mass is 10.1. The number of aryl methyl sites for hydroxylation is 2. The summed E-state index contributed by atoms with van der Waals surface area (Å²) in [7, 11) is 0. The molecule has 1 saturated heterocycles. The molecule has 1 aliphatic heterocycles. The predicted molar refractivity (Wildman–Crippen MR) is 125 cm³/mol. The van der Waals surface area contributed by atoms with E-state index in [-0.39, 0.29) is 6.10 Å². The number of nitrogens with one attached hydrogen (secondary N) is 2. The summed E-state index contributed by atoms with van der Waals surface area (Å²) in [5.41, 5.74) is 2.21. The van der Waals surface area contributed by atoms with E-state index in [2.05, 4.69) is 59.5 Å². The van der Waals surface area contributed by atoms with E-state index < -0.39 is 0 Å². The monoisotopic (exact) mass is 409 g/mol. The molecule has 2 aromatic rings. The van der Waals surface area contributed by atoms with Crippen LogP contribution >= 0.6 is 0 Å². The Morgan fingerprint density at radius 3 is 2.63 bits per heavy atom. The number of pyridine rings is 1. The summed E-state index contributed by atoms with van der Waals surface area (Å²) in [6.07, 6.45) is 2.14. The molecule has 0 bridgehead atoms. The Morgan fingerprint density at radius 2 is 1.93 bits per heavy atom. The quantitative estimate of drug-likeness (QED) is 0.539. The number of benzene rings is 1. The van der Waals surface area contributed by atoms with Crippen LogP contribution in [0.2, 0.25) is 0 Å². The Hall–Kier alpha value is -2.76. The van der Waals surface area contributed by atoms with Gasteiger partial charge in [0.05, 0.1) is 6.54 Å². The lowest BCUT2D eigenvalue weighted by molar-refractivity contribution is 0.228. The van der Waals surface area contributed by atoms with Gasteiger partial charge in [0.1, 0.15) is 17.7 Å². The summed E-state index contributed by atoms with van der Waals surface area (Å²) < 4.78 is 6.06. The normalized spacial score (nSPS) is 16.3. The van der Waals surface area contributed by atoms with Crippen molar-refractivity contribution >= 4 is 11.8 Å². The molecular formula is C24H35N5O. The second-order valence-corrected chi connectivity index (χ2v) is 7.96. The topological polar surface area (TPSA) is 61.8 Å². The molecule has 6 heteroatoms. The van der Waals surface area contributed by atoms with Gasteiger partial charge >= 0.3 is 0 Å². The second kappa shape index (κ2) is 10.9. The van der Waals surface area contributed by atoms with Crippen LogP contribution in [0, 0.1) is 13.8 Å². The van der Waals surface area contributed by atoms with Crippen LogP contribution in [0.4, 0.5) is 5.82 Å². The minimum Gasteiger partial charge on any atom is -0.489 e. The fourth-order valence-corrected chi connectivity index (χ4v) is 3.63. The number of guanidine groups is 1. The van der Waals surface area contributed by atoms with E-state index in [9.17, 15) is 0 Å². The highest BCUT2D eigenvalue weighted by Crippen LogP contribution is 2.19. The average Bonchev–Trinajstić information content (AvgIpc) is 2.74. The third kappa shape index (κ3) is 6.37. The first-order valence-corrected chi connectivity index (χ1v) is 11.0.